The van der Waals surface area contributed by atoms with Gasteiger partial charge in [0.05, 0.1) is 21.8 Å². The second kappa shape index (κ2) is 6.46. The zero-order chi connectivity index (χ0) is 17.2. The van der Waals surface area contributed by atoms with E-state index >= 15 is 0 Å². The van der Waals surface area contributed by atoms with Crippen molar-refractivity contribution in [2.45, 2.75) is 16.6 Å². The first kappa shape index (κ1) is 16.2. The molecule has 0 radical (unpaired) electrons. The van der Waals surface area contributed by atoms with Gasteiger partial charge in [0, 0.05) is 18.7 Å². The molecule has 5 nitrogen and oxygen atoms in total. The molecule has 24 heavy (non-hydrogen) atoms. The van der Waals surface area contributed by atoms with Gasteiger partial charge >= 0.3 is 0 Å². The van der Waals surface area contributed by atoms with Gasteiger partial charge in [-0.1, -0.05) is 18.2 Å². The second-order valence-electron chi connectivity index (χ2n) is 5.71. The number of nitrogens with zero attached hydrogens (tertiary/aromatic N) is 2. The summed E-state index contributed by atoms with van der Waals surface area (Å²) in [5.74, 6) is -0.203. The number of hydrogen-bond acceptors (Lipinski definition) is 4. The highest BCUT2D eigenvalue weighted by Crippen LogP contribution is 2.25. The molecule has 0 aromatic heterocycles. The Balaban J connectivity index is 1.75. The van der Waals surface area contributed by atoms with Gasteiger partial charge in [0.15, 0.2) is 9.84 Å². The second-order valence-corrected chi connectivity index (χ2v) is 7.94. The predicted octanol–water partition coefficient (Wildman–Crippen LogP) is 2.25. The van der Waals surface area contributed by atoms with E-state index in [0.717, 1.165) is 0 Å². The molecule has 3 rings (SSSR count). The van der Waals surface area contributed by atoms with Crippen molar-refractivity contribution in [3.8, 4) is 6.07 Å². The zero-order valence-corrected chi connectivity index (χ0v) is 13.7. The van der Waals surface area contributed by atoms with Crippen LogP contribution in [-0.4, -0.2) is 37.6 Å². The number of nitriles is 1. The Bertz CT molecular complexity index is 884. The molecule has 1 aliphatic heterocycles. The summed E-state index contributed by atoms with van der Waals surface area (Å²) in [7, 11) is -3.43. The van der Waals surface area contributed by atoms with Gasteiger partial charge in [0.2, 0.25) is 0 Å². The van der Waals surface area contributed by atoms with Crippen LogP contribution in [0.25, 0.3) is 0 Å². The fourth-order valence-electron chi connectivity index (χ4n) is 2.84. The maximum absolute atomic E-state index is 12.6. The summed E-state index contributed by atoms with van der Waals surface area (Å²) < 4.78 is 25.3. The Morgan fingerprint density at radius 2 is 1.75 bits per heavy atom. The van der Waals surface area contributed by atoms with E-state index in [2.05, 4.69) is 0 Å². The predicted molar refractivity (Wildman–Crippen MR) is 89.1 cm³/mol. The number of benzene rings is 2. The molecular formula is C18H16N2O3S. The Labute approximate surface area is 141 Å². The molecule has 0 bridgehead atoms. The minimum absolute atomic E-state index is 0.191. The number of likely N-dealkylation sites (tertiary alicyclic amines) is 1. The van der Waals surface area contributed by atoms with Crippen molar-refractivity contribution in [1.29, 1.82) is 5.26 Å². The van der Waals surface area contributed by atoms with Crippen molar-refractivity contribution in [1.82, 2.24) is 4.90 Å². The van der Waals surface area contributed by atoms with Crippen LogP contribution >= 0.6 is 0 Å². The van der Waals surface area contributed by atoms with Gasteiger partial charge in [-0.25, -0.2) is 8.42 Å². The third kappa shape index (κ3) is 3.03. The Morgan fingerprint density at radius 1 is 1.08 bits per heavy atom. The molecule has 1 saturated heterocycles. The van der Waals surface area contributed by atoms with Crippen molar-refractivity contribution >= 4 is 15.7 Å². The van der Waals surface area contributed by atoms with Gasteiger partial charge in [-0.3, -0.25) is 4.79 Å². The zero-order valence-electron chi connectivity index (χ0n) is 12.9. The van der Waals surface area contributed by atoms with Crippen molar-refractivity contribution in [3.05, 3.63) is 65.7 Å². The summed E-state index contributed by atoms with van der Waals surface area (Å²) >= 11 is 0. The molecule has 122 valence electrons. The number of amides is 1. The summed E-state index contributed by atoms with van der Waals surface area (Å²) in [6, 6.07) is 16.7. The highest BCUT2D eigenvalue weighted by molar-refractivity contribution is 7.92. The van der Waals surface area contributed by atoms with Gasteiger partial charge < -0.3 is 4.90 Å². The molecule has 0 N–H and O–H groups in total. The van der Waals surface area contributed by atoms with E-state index in [0.29, 0.717) is 29.0 Å². The smallest absolute Gasteiger partial charge is 0.253 e. The van der Waals surface area contributed by atoms with Crippen LogP contribution in [0.5, 0.6) is 0 Å². The van der Waals surface area contributed by atoms with Crippen molar-refractivity contribution in [3.63, 3.8) is 0 Å². The summed E-state index contributed by atoms with van der Waals surface area (Å²) in [5.41, 5.74) is 0.948. The molecule has 0 unspecified atom stereocenters. The summed E-state index contributed by atoms with van der Waals surface area (Å²) in [5, 5.41) is 8.22. The van der Waals surface area contributed by atoms with E-state index in [1.54, 1.807) is 59.5 Å². The Hall–Kier alpha value is -2.65. The standard InChI is InChI=1S/C18H16N2O3S/c19-12-14-6-8-15(9-7-14)18(21)20-11-10-17(13-20)24(22,23)16-4-2-1-3-5-16/h1-9,17H,10-11,13H2/t17-/m1/s1. The van der Waals surface area contributed by atoms with Crippen LogP contribution in [0.2, 0.25) is 0 Å². The molecule has 1 heterocycles. The monoisotopic (exact) mass is 340 g/mol. The number of rotatable bonds is 3. The molecule has 1 fully saturated rings. The molecule has 1 atom stereocenters. The number of carbonyl (C=O) groups is 1. The molecule has 2 aromatic carbocycles. The lowest BCUT2D eigenvalue weighted by molar-refractivity contribution is 0.0793. The lowest BCUT2D eigenvalue weighted by atomic mass is 10.1. The molecule has 2 aromatic rings. The molecule has 6 heteroatoms. The first-order valence-electron chi connectivity index (χ1n) is 7.61. The first-order valence-corrected chi connectivity index (χ1v) is 9.15. The first-order chi connectivity index (χ1) is 11.5. The van der Waals surface area contributed by atoms with E-state index in [4.69, 9.17) is 5.26 Å². The van der Waals surface area contributed by atoms with Crippen LogP contribution in [0.15, 0.2) is 59.5 Å². The van der Waals surface area contributed by atoms with Crippen molar-refractivity contribution < 1.29 is 13.2 Å². The van der Waals surface area contributed by atoms with Gasteiger partial charge in [-0.2, -0.15) is 5.26 Å². The third-order valence-electron chi connectivity index (χ3n) is 4.20. The normalized spacial score (nSPS) is 17.5. The maximum atomic E-state index is 12.6. The third-order valence-corrected chi connectivity index (χ3v) is 6.40. The SMILES string of the molecule is N#Cc1ccc(C(=O)N2CC[C@@H](S(=O)(=O)c3ccccc3)C2)cc1. The van der Waals surface area contributed by atoms with E-state index in [9.17, 15) is 13.2 Å². The molecular weight excluding hydrogens is 324 g/mol. The van der Waals surface area contributed by atoms with Crippen LogP contribution in [0.1, 0.15) is 22.3 Å². The molecule has 1 amide bonds. The van der Waals surface area contributed by atoms with Crippen LogP contribution in [0, 0.1) is 11.3 Å². The van der Waals surface area contributed by atoms with Crippen LogP contribution in [0.4, 0.5) is 0 Å². The van der Waals surface area contributed by atoms with Gasteiger partial charge in [0.25, 0.3) is 5.91 Å². The van der Waals surface area contributed by atoms with Gasteiger partial charge in [-0.15, -0.1) is 0 Å². The summed E-state index contributed by atoms with van der Waals surface area (Å²) in [6.07, 6.45) is 0.430. The molecule has 0 saturated carbocycles. The Morgan fingerprint density at radius 3 is 2.38 bits per heavy atom. The molecule has 0 aliphatic carbocycles. The van der Waals surface area contributed by atoms with E-state index in [1.165, 1.54) is 0 Å². The van der Waals surface area contributed by atoms with Crippen LogP contribution in [0.3, 0.4) is 0 Å². The maximum Gasteiger partial charge on any atom is 0.253 e. The fraction of sp³-hybridized carbons (Fsp3) is 0.222. The lowest BCUT2D eigenvalue weighted by Crippen LogP contribution is -2.31. The van der Waals surface area contributed by atoms with Crippen LogP contribution < -0.4 is 0 Å². The Kier molecular flexibility index (Phi) is 4.36. The number of carbonyl (C=O) groups excluding carboxylic acids is 1. The average Bonchev–Trinajstić information content (AvgIpc) is 3.13. The van der Waals surface area contributed by atoms with E-state index < -0.39 is 15.1 Å². The summed E-state index contributed by atoms with van der Waals surface area (Å²) in [6.45, 7) is 0.603. The molecule has 0 spiro atoms. The number of sulfone groups is 1. The fourth-order valence-corrected chi connectivity index (χ4v) is 4.55. The van der Waals surface area contributed by atoms with Crippen molar-refractivity contribution in [2.24, 2.45) is 0 Å². The van der Waals surface area contributed by atoms with Gasteiger partial charge in [-0.05, 0) is 42.8 Å². The van der Waals surface area contributed by atoms with Crippen LogP contribution in [-0.2, 0) is 9.84 Å². The largest absolute Gasteiger partial charge is 0.337 e. The minimum Gasteiger partial charge on any atom is -0.337 e. The lowest BCUT2D eigenvalue weighted by Gasteiger charge is -2.17. The topological polar surface area (TPSA) is 78.2 Å². The van der Waals surface area contributed by atoms with E-state index in [-0.39, 0.29) is 12.5 Å². The number of hydrogen-bond donors (Lipinski definition) is 0. The summed E-state index contributed by atoms with van der Waals surface area (Å²) in [4.78, 5) is 14.4. The molecule has 1 aliphatic rings. The van der Waals surface area contributed by atoms with Gasteiger partial charge in [0.1, 0.15) is 0 Å². The quantitative estimate of drug-likeness (QED) is 0.858. The van der Waals surface area contributed by atoms with E-state index in [1.807, 2.05) is 6.07 Å². The van der Waals surface area contributed by atoms with Crippen molar-refractivity contribution in [2.75, 3.05) is 13.1 Å². The highest BCUT2D eigenvalue weighted by atomic mass is 32.2. The average molecular weight is 340 g/mol. The minimum atomic E-state index is -3.43. The highest BCUT2D eigenvalue weighted by Gasteiger charge is 2.36.